The summed E-state index contributed by atoms with van der Waals surface area (Å²) >= 11 is 0. The van der Waals surface area contributed by atoms with Gasteiger partial charge in [0.05, 0.1) is 0 Å². The van der Waals surface area contributed by atoms with Crippen molar-refractivity contribution in [1.82, 2.24) is 4.98 Å². The average molecular weight is 202 g/mol. The Bertz CT molecular complexity index is 480. The highest BCUT2D eigenvalue weighted by Crippen LogP contribution is 2.24. The van der Waals surface area contributed by atoms with Crippen LogP contribution in [0.2, 0.25) is 0 Å². The molecule has 0 atom stereocenters. The molecule has 0 aliphatic heterocycles. The number of hydrogen-bond acceptors (Lipinski definition) is 1. The molecule has 2 heteroatoms. The Kier molecular flexibility index (Phi) is 2.43. The van der Waals surface area contributed by atoms with Crippen molar-refractivity contribution in [2.75, 3.05) is 5.32 Å². The number of H-pyrrole nitrogens is 1. The second-order valence-corrected chi connectivity index (χ2v) is 4.51. The molecule has 0 aliphatic rings. The Morgan fingerprint density at radius 1 is 1.13 bits per heavy atom. The number of fused-ring (bicyclic) bond motifs is 1. The molecular formula is C13H18N2. The van der Waals surface area contributed by atoms with Crippen molar-refractivity contribution < 1.29 is 0 Å². The normalized spacial score (nSPS) is 11.3. The highest BCUT2D eigenvalue weighted by atomic mass is 14.9. The van der Waals surface area contributed by atoms with Gasteiger partial charge in [-0.05, 0) is 51.5 Å². The second kappa shape index (κ2) is 3.61. The molecule has 2 aromatic rings. The summed E-state index contributed by atoms with van der Waals surface area (Å²) in [5, 5.41) is 4.72. The highest BCUT2D eigenvalue weighted by Gasteiger charge is 2.04. The van der Waals surface area contributed by atoms with Gasteiger partial charge in [-0.1, -0.05) is 0 Å². The maximum absolute atomic E-state index is 3.43. The second-order valence-electron chi connectivity index (χ2n) is 4.51. The molecule has 1 aromatic carbocycles. The molecule has 1 heterocycles. The predicted octanol–water partition coefficient (Wildman–Crippen LogP) is 3.61. The summed E-state index contributed by atoms with van der Waals surface area (Å²) in [6.45, 7) is 8.54. The number of aromatic amines is 1. The van der Waals surface area contributed by atoms with Crippen molar-refractivity contribution in [2.24, 2.45) is 0 Å². The summed E-state index contributed by atoms with van der Waals surface area (Å²) in [5.74, 6) is 0. The van der Waals surface area contributed by atoms with E-state index >= 15 is 0 Å². The predicted molar refractivity (Wildman–Crippen MR) is 66.5 cm³/mol. The molecule has 80 valence electrons. The van der Waals surface area contributed by atoms with E-state index in [-0.39, 0.29) is 0 Å². The van der Waals surface area contributed by atoms with Gasteiger partial charge in [-0.25, -0.2) is 0 Å². The molecule has 0 radical (unpaired) electrons. The van der Waals surface area contributed by atoms with Crippen LogP contribution in [0.5, 0.6) is 0 Å². The number of hydrogen-bond donors (Lipinski definition) is 2. The smallest absolute Gasteiger partial charge is 0.0487 e. The minimum atomic E-state index is 0.474. The molecular weight excluding hydrogens is 184 g/mol. The number of benzene rings is 1. The number of aromatic nitrogens is 1. The summed E-state index contributed by atoms with van der Waals surface area (Å²) in [5.41, 5.74) is 4.97. The first-order chi connectivity index (χ1) is 7.06. The zero-order chi connectivity index (χ0) is 11.0. The van der Waals surface area contributed by atoms with Gasteiger partial charge >= 0.3 is 0 Å². The molecule has 1 aromatic heterocycles. The van der Waals surface area contributed by atoms with Crippen LogP contribution in [0, 0.1) is 13.8 Å². The fraction of sp³-hybridized carbons (Fsp3) is 0.385. The first kappa shape index (κ1) is 10.1. The quantitative estimate of drug-likeness (QED) is 0.765. The van der Waals surface area contributed by atoms with E-state index < -0.39 is 0 Å². The minimum absolute atomic E-state index is 0.474. The van der Waals surface area contributed by atoms with E-state index in [1.54, 1.807) is 0 Å². The largest absolute Gasteiger partial charge is 0.383 e. The number of rotatable bonds is 2. The van der Waals surface area contributed by atoms with E-state index in [1.807, 2.05) is 0 Å². The molecule has 2 nitrogen and oxygen atoms in total. The zero-order valence-electron chi connectivity index (χ0n) is 9.81. The van der Waals surface area contributed by atoms with Crippen LogP contribution >= 0.6 is 0 Å². The lowest BCUT2D eigenvalue weighted by Crippen LogP contribution is -2.09. The van der Waals surface area contributed by atoms with Crippen molar-refractivity contribution in [1.29, 1.82) is 0 Å². The van der Waals surface area contributed by atoms with Crippen LogP contribution in [0.4, 0.5) is 5.69 Å². The molecule has 0 amide bonds. The molecule has 0 unspecified atom stereocenters. The molecule has 0 bridgehead atoms. The molecule has 0 spiro atoms. The topological polar surface area (TPSA) is 27.8 Å². The lowest BCUT2D eigenvalue weighted by molar-refractivity contribution is 0.900. The molecule has 2 N–H and O–H groups in total. The maximum atomic E-state index is 3.43. The van der Waals surface area contributed by atoms with Crippen molar-refractivity contribution in [2.45, 2.75) is 33.7 Å². The monoisotopic (exact) mass is 202 g/mol. The number of nitrogens with one attached hydrogen (secondary N) is 2. The third-order valence-corrected chi connectivity index (χ3v) is 2.52. The average Bonchev–Trinajstić information content (AvgIpc) is 2.44. The van der Waals surface area contributed by atoms with Gasteiger partial charge in [0.15, 0.2) is 0 Å². The fourth-order valence-electron chi connectivity index (χ4n) is 1.98. The Morgan fingerprint density at radius 3 is 2.53 bits per heavy atom. The third-order valence-electron chi connectivity index (χ3n) is 2.52. The van der Waals surface area contributed by atoms with Crippen LogP contribution < -0.4 is 5.32 Å². The van der Waals surface area contributed by atoms with Crippen molar-refractivity contribution in [3.05, 3.63) is 29.5 Å². The Morgan fingerprint density at radius 2 is 1.87 bits per heavy atom. The fourth-order valence-corrected chi connectivity index (χ4v) is 1.98. The lowest BCUT2D eigenvalue weighted by atomic mass is 10.1. The molecule has 0 fully saturated rings. The summed E-state index contributed by atoms with van der Waals surface area (Å²) < 4.78 is 0. The highest BCUT2D eigenvalue weighted by molar-refractivity contribution is 5.87. The van der Waals surface area contributed by atoms with Crippen molar-refractivity contribution >= 4 is 16.6 Å². The van der Waals surface area contributed by atoms with Crippen LogP contribution in [-0.2, 0) is 0 Å². The summed E-state index contributed by atoms with van der Waals surface area (Å²) in [7, 11) is 0. The first-order valence-electron chi connectivity index (χ1n) is 5.43. The van der Waals surface area contributed by atoms with E-state index in [4.69, 9.17) is 0 Å². The van der Waals surface area contributed by atoms with E-state index in [9.17, 15) is 0 Å². The van der Waals surface area contributed by atoms with Gasteiger partial charge in [0, 0.05) is 28.3 Å². The van der Waals surface area contributed by atoms with E-state index in [0.717, 1.165) is 0 Å². The molecule has 0 aliphatic carbocycles. The van der Waals surface area contributed by atoms with Crippen LogP contribution in [-0.4, -0.2) is 11.0 Å². The van der Waals surface area contributed by atoms with Gasteiger partial charge in [0.2, 0.25) is 0 Å². The van der Waals surface area contributed by atoms with Crippen LogP contribution in [0.25, 0.3) is 10.9 Å². The summed E-state index contributed by atoms with van der Waals surface area (Å²) in [6.07, 6.45) is 0. The lowest BCUT2D eigenvalue weighted by Gasteiger charge is -2.11. The van der Waals surface area contributed by atoms with Gasteiger partial charge in [-0.3, -0.25) is 0 Å². The Balaban J connectivity index is 2.51. The Labute approximate surface area is 90.7 Å². The molecule has 15 heavy (non-hydrogen) atoms. The van der Waals surface area contributed by atoms with Crippen molar-refractivity contribution in [3.8, 4) is 0 Å². The number of aryl methyl sites for hydroxylation is 2. The third kappa shape index (κ3) is 1.99. The molecule has 2 rings (SSSR count). The molecule has 0 saturated carbocycles. The van der Waals surface area contributed by atoms with Gasteiger partial charge in [-0.2, -0.15) is 0 Å². The SMILES string of the molecule is Cc1cc2cc(NC(C)C)cc(C)c2[nH]1. The van der Waals surface area contributed by atoms with Crippen LogP contribution in [0.3, 0.4) is 0 Å². The van der Waals surface area contributed by atoms with E-state index in [1.165, 1.54) is 27.8 Å². The standard InChI is InChI=1S/C13H18N2/c1-8(2)14-12-5-9(3)13-11(7-12)6-10(4)15-13/h5-8,14-15H,1-4H3. The summed E-state index contributed by atoms with van der Waals surface area (Å²) in [4.78, 5) is 3.38. The van der Waals surface area contributed by atoms with E-state index in [0.29, 0.717) is 6.04 Å². The molecule has 0 saturated heterocycles. The van der Waals surface area contributed by atoms with Crippen LogP contribution in [0.15, 0.2) is 18.2 Å². The zero-order valence-corrected chi connectivity index (χ0v) is 9.81. The number of anilines is 1. The maximum Gasteiger partial charge on any atom is 0.0487 e. The minimum Gasteiger partial charge on any atom is -0.383 e. The van der Waals surface area contributed by atoms with Gasteiger partial charge in [0.1, 0.15) is 0 Å². The van der Waals surface area contributed by atoms with Gasteiger partial charge in [-0.15, -0.1) is 0 Å². The van der Waals surface area contributed by atoms with Crippen molar-refractivity contribution in [3.63, 3.8) is 0 Å². The van der Waals surface area contributed by atoms with Crippen LogP contribution in [0.1, 0.15) is 25.1 Å². The first-order valence-corrected chi connectivity index (χ1v) is 5.43. The summed E-state index contributed by atoms with van der Waals surface area (Å²) in [6, 6.07) is 7.06. The Hall–Kier alpha value is -1.44. The van der Waals surface area contributed by atoms with E-state index in [2.05, 4.69) is 56.2 Å². The van der Waals surface area contributed by atoms with Gasteiger partial charge in [0.25, 0.3) is 0 Å². The van der Waals surface area contributed by atoms with Gasteiger partial charge < -0.3 is 10.3 Å².